The average molecular weight is 290 g/mol. The molecule has 0 atom stereocenters. The number of benzene rings is 1. The van der Waals surface area contributed by atoms with E-state index in [1.54, 1.807) is 5.56 Å². The van der Waals surface area contributed by atoms with Crippen LogP contribution in [-0.2, 0) is 19.3 Å². The zero-order chi connectivity index (χ0) is 15.7. The van der Waals surface area contributed by atoms with Crippen molar-refractivity contribution in [1.82, 2.24) is 5.32 Å². The molecule has 1 rings (SSSR count). The summed E-state index contributed by atoms with van der Waals surface area (Å²) >= 11 is 0. The van der Waals surface area contributed by atoms with Crippen LogP contribution < -0.4 is 5.32 Å². The summed E-state index contributed by atoms with van der Waals surface area (Å²) in [7, 11) is 0. The highest BCUT2D eigenvalue weighted by atomic mass is 14.9. The number of aryl methyl sites for hydroxylation is 3. The molecule has 1 aromatic rings. The van der Waals surface area contributed by atoms with Gasteiger partial charge in [0.25, 0.3) is 0 Å². The van der Waals surface area contributed by atoms with Crippen molar-refractivity contribution >= 4 is 0 Å². The van der Waals surface area contributed by atoms with Gasteiger partial charge in [0, 0.05) is 5.54 Å². The van der Waals surface area contributed by atoms with Crippen LogP contribution >= 0.6 is 0 Å². The van der Waals surface area contributed by atoms with Gasteiger partial charge in [0.1, 0.15) is 0 Å². The van der Waals surface area contributed by atoms with Gasteiger partial charge in [-0.05, 0) is 76.1 Å². The number of hydrogen-bond acceptors (Lipinski definition) is 1. The van der Waals surface area contributed by atoms with Crippen molar-refractivity contribution in [2.24, 2.45) is 0 Å². The fourth-order valence-corrected chi connectivity index (χ4v) is 2.78. The highest BCUT2D eigenvalue weighted by Crippen LogP contribution is 2.16. The van der Waals surface area contributed by atoms with E-state index in [4.69, 9.17) is 0 Å². The Kier molecular flexibility index (Phi) is 8.03. The SMILES string of the molecule is CCc1ccc(CCCCCCNC(C)(C)C)cc1CC. The molecule has 0 unspecified atom stereocenters. The first-order valence-corrected chi connectivity index (χ1v) is 8.82. The number of unbranched alkanes of at least 4 members (excludes halogenated alkanes) is 3. The van der Waals surface area contributed by atoms with Gasteiger partial charge in [0.2, 0.25) is 0 Å². The molecule has 21 heavy (non-hydrogen) atoms. The molecule has 0 heterocycles. The molecule has 0 radical (unpaired) electrons. The maximum Gasteiger partial charge on any atom is 0.00965 e. The third kappa shape index (κ3) is 7.66. The van der Waals surface area contributed by atoms with E-state index in [2.05, 4.69) is 58.1 Å². The normalized spacial score (nSPS) is 11.9. The van der Waals surface area contributed by atoms with Crippen molar-refractivity contribution in [3.63, 3.8) is 0 Å². The zero-order valence-electron chi connectivity index (χ0n) is 14.9. The van der Waals surface area contributed by atoms with Crippen LogP contribution in [0.2, 0.25) is 0 Å². The van der Waals surface area contributed by atoms with Crippen molar-refractivity contribution in [2.45, 2.75) is 85.1 Å². The second-order valence-corrected chi connectivity index (χ2v) is 7.15. The van der Waals surface area contributed by atoms with Crippen molar-refractivity contribution in [3.8, 4) is 0 Å². The van der Waals surface area contributed by atoms with Gasteiger partial charge in [-0.15, -0.1) is 0 Å². The van der Waals surface area contributed by atoms with E-state index >= 15 is 0 Å². The quantitative estimate of drug-likeness (QED) is 0.608. The zero-order valence-corrected chi connectivity index (χ0v) is 14.9. The van der Waals surface area contributed by atoms with Gasteiger partial charge in [-0.3, -0.25) is 0 Å². The smallest absolute Gasteiger partial charge is 0.00965 e. The van der Waals surface area contributed by atoms with E-state index in [9.17, 15) is 0 Å². The molecule has 1 N–H and O–H groups in total. The van der Waals surface area contributed by atoms with Crippen LogP contribution in [0.4, 0.5) is 0 Å². The lowest BCUT2D eigenvalue weighted by molar-refractivity contribution is 0.416. The highest BCUT2D eigenvalue weighted by Gasteiger charge is 2.07. The molecule has 1 aromatic carbocycles. The molecule has 0 saturated heterocycles. The summed E-state index contributed by atoms with van der Waals surface area (Å²) in [6.45, 7) is 12.4. The predicted molar refractivity (Wildman–Crippen MR) is 95.1 cm³/mol. The highest BCUT2D eigenvalue weighted by molar-refractivity contribution is 5.32. The first-order chi connectivity index (χ1) is 9.96. The molecule has 0 saturated carbocycles. The Hall–Kier alpha value is -0.820. The van der Waals surface area contributed by atoms with Crippen molar-refractivity contribution in [2.75, 3.05) is 6.54 Å². The van der Waals surface area contributed by atoms with E-state index in [1.807, 2.05) is 0 Å². The molecule has 0 aliphatic rings. The van der Waals surface area contributed by atoms with E-state index in [-0.39, 0.29) is 5.54 Å². The van der Waals surface area contributed by atoms with Crippen LogP contribution in [0.1, 0.15) is 77.0 Å². The van der Waals surface area contributed by atoms with Gasteiger partial charge in [-0.2, -0.15) is 0 Å². The maximum atomic E-state index is 3.56. The fraction of sp³-hybridized carbons (Fsp3) is 0.700. The van der Waals surface area contributed by atoms with Crippen molar-refractivity contribution in [3.05, 3.63) is 34.9 Å². The molecule has 0 spiro atoms. The van der Waals surface area contributed by atoms with Crippen molar-refractivity contribution < 1.29 is 0 Å². The summed E-state index contributed by atoms with van der Waals surface area (Å²) in [6, 6.07) is 7.10. The Morgan fingerprint density at radius 3 is 2.14 bits per heavy atom. The van der Waals surface area contributed by atoms with Crippen LogP contribution in [0.5, 0.6) is 0 Å². The van der Waals surface area contributed by atoms with Crippen LogP contribution in [0.25, 0.3) is 0 Å². The number of hydrogen-bond donors (Lipinski definition) is 1. The lowest BCUT2D eigenvalue weighted by Crippen LogP contribution is -2.36. The van der Waals surface area contributed by atoms with Crippen LogP contribution in [0.15, 0.2) is 18.2 Å². The minimum absolute atomic E-state index is 0.261. The minimum atomic E-state index is 0.261. The van der Waals surface area contributed by atoms with Crippen LogP contribution in [0.3, 0.4) is 0 Å². The predicted octanol–water partition coefficient (Wildman–Crippen LogP) is 5.30. The summed E-state index contributed by atoms with van der Waals surface area (Å²) in [5, 5.41) is 3.56. The molecule has 0 aromatic heterocycles. The Labute approximate surface area is 132 Å². The molecule has 0 amide bonds. The summed E-state index contributed by atoms with van der Waals surface area (Å²) in [5.74, 6) is 0. The minimum Gasteiger partial charge on any atom is -0.312 e. The molecule has 120 valence electrons. The topological polar surface area (TPSA) is 12.0 Å². The Morgan fingerprint density at radius 1 is 0.857 bits per heavy atom. The number of rotatable bonds is 9. The molecule has 0 aliphatic heterocycles. The number of nitrogens with one attached hydrogen (secondary N) is 1. The molecule has 0 bridgehead atoms. The lowest BCUT2D eigenvalue weighted by atomic mass is 9.97. The van der Waals surface area contributed by atoms with Crippen LogP contribution in [0, 0.1) is 0 Å². The van der Waals surface area contributed by atoms with Crippen molar-refractivity contribution in [1.29, 1.82) is 0 Å². The average Bonchev–Trinajstić information content (AvgIpc) is 2.44. The summed E-state index contributed by atoms with van der Waals surface area (Å²) in [4.78, 5) is 0. The third-order valence-electron chi connectivity index (χ3n) is 4.08. The molecular weight excluding hydrogens is 254 g/mol. The largest absolute Gasteiger partial charge is 0.312 e. The summed E-state index contributed by atoms with van der Waals surface area (Å²) < 4.78 is 0. The molecule has 1 nitrogen and oxygen atoms in total. The molecule has 1 heteroatoms. The third-order valence-corrected chi connectivity index (χ3v) is 4.08. The first-order valence-electron chi connectivity index (χ1n) is 8.82. The second-order valence-electron chi connectivity index (χ2n) is 7.15. The standard InChI is InChI=1S/C20H35N/c1-6-18-14-13-17(16-19(18)7-2)12-10-8-9-11-15-21-20(3,4)5/h13-14,16,21H,6-12,15H2,1-5H3. The molecular formula is C20H35N. The summed E-state index contributed by atoms with van der Waals surface area (Å²) in [5.41, 5.74) is 4.85. The van der Waals surface area contributed by atoms with E-state index in [1.165, 1.54) is 43.2 Å². The Morgan fingerprint density at radius 2 is 1.52 bits per heavy atom. The second kappa shape index (κ2) is 9.25. The van der Waals surface area contributed by atoms with E-state index < -0.39 is 0 Å². The van der Waals surface area contributed by atoms with Gasteiger partial charge in [0.15, 0.2) is 0 Å². The maximum absolute atomic E-state index is 3.56. The van der Waals surface area contributed by atoms with Gasteiger partial charge >= 0.3 is 0 Å². The monoisotopic (exact) mass is 289 g/mol. The lowest BCUT2D eigenvalue weighted by Gasteiger charge is -2.20. The first kappa shape index (κ1) is 18.2. The van der Waals surface area contributed by atoms with E-state index in [0.717, 1.165) is 19.4 Å². The van der Waals surface area contributed by atoms with Crippen LogP contribution in [-0.4, -0.2) is 12.1 Å². The molecule has 0 fully saturated rings. The molecule has 0 aliphatic carbocycles. The fourth-order valence-electron chi connectivity index (χ4n) is 2.78. The van der Waals surface area contributed by atoms with Gasteiger partial charge in [-0.1, -0.05) is 44.9 Å². The Bertz CT molecular complexity index is 401. The summed E-state index contributed by atoms with van der Waals surface area (Å²) in [6.07, 6.45) is 8.87. The Balaban J connectivity index is 2.21. The van der Waals surface area contributed by atoms with Gasteiger partial charge in [-0.25, -0.2) is 0 Å². The van der Waals surface area contributed by atoms with Gasteiger partial charge < -0.3 is 5.32 Å². The van der Waals surface area contributed by atoms with Gasteiger partial charge in [0.05, 0.1) is 0 Å². The van der Waals surface area contributed by atoms with E-state index in [0.29, 0.717) is 0 Å².